The molecule has 4 rings (SSSR count). The highest BCUT2D eigenvalue weighted by Crippen LogP contribution is 2.24. The van der Waals surface area contributed by atoms with Gasteiger partial charge in [-0.25, -0.2) is 4.98 Å². The van der Waals surface area contributed by atoms with Crippen LogP contribution in [0.3, 0.4) is 0 Å². The fourth-order valence-corrected chi connectivity index (χ4v) is 4.10. The maximum Gasteiger partial charge on any atom is 0.191 e. The maximum atomic E-state index is 5.81. The van der Waals surface area contributed by atoms with E-state index in [2.05, 4.69) is 55.9 Å². The molecule has 28 heavy (non-hydrogen) atoms. The van der Waals surface area contributed by atoms with Gasteiger partial charge < -0.3 is 19.0 Å². The van der Waals surface area contributed by atoms with E-state index in [1.165, 1.54) is 5.56 Å². The summed E-state index contributed by atoms with van der Waals surface area (Å²) in [6.07, 6.45) is 6.69. The Hall–Kier alpha value is -1.32. The molecule has 1 atom stereocenters. The summed E-state index contributed by atoms with van der Waals surface area (Å²) in [5.74, 6) is 1.72. The summed E-state index contributed by atoms with van der Waals surface area (Å²) >= 11 is 1.68. The molecule has 3 aromatic rings. The van der Waals surface area contributed by atoms with E-state index in [4.69, 9.17) is 9.72 Å². The predicted molar refractivity (Wildman–Crippen MR) is 116 cm³/mol. The summed E-state index contributed by atoms with van der Waals surface area (Å²) in [7, 11) is 1.93. The number of imidazole rings is 1. The van der Waals surface area contributed by atoms with Gasteiger partial charge >= 0.3 is 0 Å². The molecule has 0 amide bonds. The molecule has 0 saturated carbocycles. The molecule has 0 aromatic carbocycles. The summed E-state index contributed by atoms with van der Waals surface area (Å²) in [6, 6.07) is 4.13. The van der Waals surface area contributed by atoms with Gasteiger partial charge in [0.2, 0.25) is 0 Å². The molecule has 0 aliphatic carbocycles. The Bertz CT molecular complexity index is 893. The first-order chi connectivity index (χ1) is 12.7. The number of nitrogens with zero attached hydrogens (tertiary/aromatic N) is 5. The average molecular weight is 445 g/mol. The van der Waals surface area contributed by atoms with Crippen LogP contribution in [0.25, 0.3) is 5.65 Å². The molecular formula is C18H26Cl2N6OS. The van der Waals surface area contributed by atoms with E-state index in [1.54, 1.807) is 11.8 Å². The monoisotopic (exact) mass is 444 g/mol. The van der Waals surface area contributed by atoms with Crippen LogP contribution in [0, 0.1) is 6.92 Å². The molecule has 1 aliphatic heterocycles. The minimum absolute atomic E-state index is 0. The van der Waals surface area contributed by atoms with Crippen LogP contribution in [0.15, 0.2) is 29.7 Å². The SMILES string of the molecule is CNCc1nnc(SCc2cn3cc(C)ccc3n2)n1CC1CCCO1.Cl.Cl. The highest BCUT2D eigenvalue weighted by atomic mass is 35.5. The van der Waals surface area contributed by atoms with Crippen molar-refractivity contribution in [1.29, 1.82) is 0 Å². The third-order valence-corrected chi connectivity index (χ3v) is 5.54. The van der Waals surface area contributed by atoms with Crippen LogP contribution in [0.4, 0.5) is 0 Å². The lowest BCUT2D eigenvalue weighted by molar-refractivity contribution is 0.0941. The molecule has 1 aliphatic rings. The molecule has 0 radical (unpaired) electrons. The van der Waals surface area contributed by atoms with Crippen molar-refractivity contribution in [3.05, 3.63) is 41.6 Å². The number of halogens is 2. The number of rotatable bonds is 7. The average Bonchev–Trinajstić information content (AvgIpc) is 3.35. The van der Waals surface area contributed by atoms with Gasteiger partial charge in [-0.3, -0.25) is 0 Å². The van der Waals surface area contributed by atoms with Crippen LogP contribution >= 0.6 is 36.6 Å². The quantitative estimate of drug-likeness (QED) is 0.563. The van der Waals surface area contributed by atoms with Gasteiger partial charge in [0.05, 0.1) is 24.9 Å². The zero-order chi connectivity index (χ0) is 17.9. The van der Waals surface area contributed by atoms with Crippen molar-refractivity contribution in [2.24, 2.45) is 0 Å². The molecule has 1 unspecified atom stereocenters. The first-order valence-electron chi connectivity index (χ1n) is 8.98. The van der Waals surface area contributed by atoms with E-state index in [1.807, 2.05) is 7.05 Å². The van der Waals surface area contributed by atoms with Gasteiger partial charge in [0.1, 0.15) is 11.5 Å². The number of aromatic nitrogens is 5. The van der Waals surface area contributed by atoms with Gasteiger partial charge in [-0.2, -0.15) is 0 Å². The first-order valence-corrected chi connectivity index (χ1v) is 9.97. The summed E-state index contributed by atoms with van der Waals surface area (Å²) in [5, 5.41) is 12.9. The number of hydrogen-bond donors (Lipinski definition) is 1. The second-order valence-electron chi connectivity index (χ2n) is 6.67. The van der Waals surface area contributed by atoms with Crippen molar-refractivity contribution in [2.45, 2.75) is 49.9 Å². The lowest BCUT2D eigenvalue weighted by Gasteiger charge is -2.14. The number of nitrogens with one attached hydrogen (secondary N) is 1. The molecule has 1 saturated heterocycles. The second-order valence-corrected chi connectivity index (χ2v) is 7.61. The van der Waals surface area contributed by atoms with Crippen LogP contribution in [-0.2, 0) is 23.6 Å². The van der Waals surface area contributed by atoms with Gasteiger partial charge in [0.25, 0.3) is 0 Å². The highest BCUT2D eigenvalue weighted by Gasteiger charge is 2.21. The Morgan fingerprint density at radius 2 is 2.11 bits per heavy atom. The summed E-state index contributed by atoms with van der Waals surface area (Å²) in [5.41, 5.74) is 3.24. The Morgan fingerprint density at radius 3 is 2.86 bits per heavy atom. The zero-order valence-electron chi connectivity index (χ0n) is 16.0. The smallest absolute Gasteiger partial charge is 0.191 e. The lowest BCUT2D eigenvalue weighted by atomic mass is 10.2. The van der Waals surface area contributed by atoms with Gasteiger partial charge in [-0.15, -0.1) is 35.0 Å². The summed E-state index contributed by atoms with van der Waals surface area (Å²) < 4.78 is 10.1. The van der Waals surface area contributed by atoms with Crippen molar-refractivity contribution in [3.63, 3.8) is 0 Å². The van der Waals surface area contributed by atoms with Gasteiger partial charge in [-0.05, 0) is 38.4 Å². The van der Waals surface area contributed by atoms with E-state index in [-0.39, 0.29) is 30.9 Å². The largest absolute Gasteiger partial charge is 0.376 e. The molecule has 0 bridgehead atoms. The highest BCUT2D eigenvalue weighted by molar-refractivity contribution is 7.98. The second kappa shape index (κ2) is 10.5. The van der Waals surface area contributed by atoms with Crippen LogP contribution in [-0.4, -0.2) is 43.9 Å². The van der Waals surface area contributed by atoms with Crippen molar-refractivity contribution in [1.82, 2.24) is 29.5 Å². The topological polar surface area (TPSA) is 69.3 Å². The zero-order valence-corrected chi connectivity index (χ0v) is 18.4. The number of pyridine rings is 1. The van der Waals surface area contributed by atoms with Gasteiger partial charge in [0.15, 0.2) is 5.16 Å². The summed E-state index contributed by atoms with van der Waals surface area (Å²) in [4.78, 5) is 4.69. The Balaban J connectivity index is 0.00000140. The van der Waals surface area contributed by atoms with Crippen molar-refractivity contribution >= 4 is 42.2 Å². The fraction of sp³-hybridized carbons (Fsp3) is 0.500. The van der Waals surface area contributed by atoms with Crippen LogP contribution in [0.5, 0.6) is 0 Å². The van der Waals surface area contributed by atoms with E-state index in [0.717, 1.165) is 54.1 Å². The third kappa shape index (κ3) is 5.18. The van der Waals surface area contributed by atoms with Crippen LogP contribution in [0.2, 0.25) is 0 Å². The van der Waals surface area contributed by atoms with E-state index >= 15 is 0 Å². The number of hydrogen-bond acceptors (Lipinski definition) is 6. The fourth-order valence-electron chi connectivity index (χ4n) is 3.25. The summed E-state index contributed by atoms with van der Waals surface area (Å²) in [6.45, 7) is 4.46. The molecule has 3 aromatic heterocycles. The van der Waals surface area contributed by atoms with Crippen molar-refractivity contribution in [3.8, 4) is 0 Å². The standard InChI is InChI=1S/C18H24N6OS.2ClH/c1-13-5-6-16-20-14(10-23(16)9-13)12-26-18-22-21-17(8-19-2)24(18)11-15-4-3-7-25-15;;/h5-6,9-10,15,19H,3-4,7-8,11-12H2,1-2H3;2*1H. The van der Waals surface area contributed by atoms with E-state index in [0.29, 0.717) is 6.54 Å². The van der Waals surface area contributed by atoms with Crippen molar-refractivity contribution < 1.29 is 4.74 Å². The van der Waals surface area contributed by atoms with Crippen molar-refractivity contribution in [2.75, 3.05) is 13.7 Å². The molecule has 1 N–H and O–H groups in total. The number of thioether (sulfide) groups is 1. The van der Waals surface area contributed by atoms with E-state index < -0.39 is 0 Å². The third-order valence-electron chi connectivity index (χ3n) is 4.54. The van der Waals surface area contributed by atoms with Crippen LogP contribution in [0.1, 0.15) is 29.9 Å². The Kier molecular flexibility index (Phi) is 8.57. The molecule has 1 fully saturated rings. The van der Waals surface area contributed by atoms with Gasteiger partial charge in [0, 0.05) is 24.8 Å². The molecule has 154 valence electrons. The molecule has 10 heteroatoms. The Labute approximate surface area is 181 Å². The molecule has 7 nitrogen and oxygen atoms in total. The van der Waals surface area contributed by atoms with Crippen LogP contribution < -0.4 is 5.32 Å². The molecular weight excluding hydrogens is 419 g/mol. The molecule has 0 spiro atoms. The first kappa shape index (κ1) is 23.0. The minimum atomic E-state index is 0. The minimum Gasteiger partial charge on any atom is -0.376 e. The number of fused-ring (bicyclic) bond motifs is 1. The van der Waals surface area contributed by atoms with Gasteiger partial charge in [-0.1, -0.05) is 17.8 Å². The molecule has 4 heterocycles. The normalized spacial score (nSPS) is 16.1. The van der Waals surface area contributed by atoms with E-state index in [9.17, 15) is 0 Å². The lowest BCUT2D eigenvalue weighted by Crippen LogP contribution is -2.20. The number of ether oxygens (including phenoxy) is 1. The predicted octanol–water partition coefficient (Wildman–Crippen LogP) is 3.27. The number of aryl methyl sites for hydroxylation is 1. The Morgan fingerprint density at radius 1 is 1.25 bits per heavy atom. The maximum absolute atomic E-state index is 5.81.